The zero-order valence-corrected chi connectivity index (χ0v) is 15.3. The number of halogens is 2. The second-order valence-electron chi connectivity index (χ2n) is 5.35. The average molecular weight is 402 g/mol. The lowest BCUT2D eigenvalue weighted by atomic mass is 10.2. The molecule has 2 aromatic carbocycles. The maximum absolute atomic E-state index is 12.3. The highest BCUT2D eigenvalue weighted by Gasteiger charge is 2.13. The highest BCUT2D eigenvalue weighted by atomic mass is 35.5. The minimum atomic E-state index is -0.583. The molecule has 3 aromatic rings. The molecule has 0 aliphatic heterocycles. The fourth-order valence-corrected chi connectivity index (χ4v) is 2.54. The molecule has 2 amide bonds. The van der Waals surface area contributed by atoms with E-state index in [2.05, 4.69) is 15.8 Å². The van der Waals surface area contributed by atoms with Gasteiger partial charge in [-0.1, -0.05) is 29.3 Å². The van der Waals surface area contributed by atoms with Gasteiger partial charge in [0.25, 0.3) is 11.8 Å². The minimum absolute atomic E-state index is 0.152. The largest absolute Gasteiger partial charge is 0.457 e. The van der Waals surface area contributed by atoms with Crippen LogP contribution in [-0.4, -0.2) is 16.8 Å². The van der Waals surface area contributed by atoms with Crippen molar-refractivity contribution in [1.29, 1.82) is 0 Å². The number of benzene rings is 2. The summed E-state index contributed by atoms with van der Waals surface area (Å²) in [6.45, 7) is 0. The van der Waals surface area contributed by atoms with Gasteiger partial charge < -0.3 is 4.74 Å². The first kappa shape index (κ1) is 18.7. The van der Waals surface area contributed by atoms with E-state index in [4.69, 9.17) is 27.9 Å². The monoisotopic (exact) mass is 401 g/mol. The summed E-state index contributed by atoms with van der Waals surface area (Å²) in [6, 6.07) is 14.4. The van der Waals surface area contributed by atoms with Gasteiger partial charge in [0.2, 0.25) is 0 Å². The molecule has 8 heteroatoms. The van der Waals surface area contributed by atoms with Crippen molar-refractivity contribution >= 4 is 35.0 Å². The van der Waals surface area contributed by atoms with E-state index in [0.29, 0.717) is 22.1 Å². The highest BCUT2D eigenvalue weighted by Crippen LogP contribution is 2.22. The number of carbonyl (C=O) groups excluding carboxylic acids is 2. The number of rotatable bonds is 4. The van der Waals surface area contributed by atoms with Crippen molar-refractivity contribution in [3.63, 3.8) is 0 Å². The molecule has 0 saturated carbocycles. The lowest BCUT2D eigenvalue weighted by Crippen LogP contribution is -2.41. The molecule has 136 valence electrons. The Bertz CT molecular complexity index is 981. The molecule has 0 aliphatic rings. The summed E-state index contributed by atoms with van der Waals surface area (Å²) in [5.74, 6) is -0.0359. The molecule has 0 saturated heterocycles. The molecule has 0 unspecified atom stereocenters. The van der Waals surface area contributed by atoms with Crippen LogP contribution in [0.15, 0.2) is 67.0 Å². The van der Waals surface area contributed by atoms with Crippen LogP contribution in [0, 0.1) is 0 Å². The summed E-state index contributed by atoms with van der Waals surface area (Å²) in [5, 5.41) is 0.579. The molecule has 0 fully saturated rings. The zero-order valence-electron chi connectivity index (χ0n) is 13.8. The SMILES string of the molecule is O=C(NNC(=O)c1cc(Cl)ccc1Cl)c1cccc(Oc2ccncc2)c1. The quantitative estimate of drug-likeness (QED) is 0.640. The lowest BCUT2D eigenvalue weighted by Gasteiger charge is -2.10. The van der Waals surface area contributed by atoms with Gasteiger partial charge in [0.15, 0.2) is 0 Å². The van der Waals surface area contributed by atoms with E-state index in [1.807, 2.05) is 0 Å². The second-order valence-corrected chi connectivity index (χ2v) is 6.19. The Morgan fingerprint density at radius 3 is 2.37 bits per heavy atom. The maximum Gasteiger partial charge on any atom is 0.271 e. The standard InChI is InChI=1S/C19H13Cl2N3O3/c20-13-4-5-17(21)16(11-13)19(26)24-23-18(25)12-2-1-3-15(10-12)27-14-6-8-22-9-7-14/h1-11H,(H,23,25)(H,24,26). The smallest absolute Gasteiger partial charge is 0.271 e. The number of pyridine rings is 1. The molecule has 1 heterocycles. The van der Waals surface area contributed by atoms with Gasteiger partial charge in [0.1, 0.15) is 11.5 Å². The molecule has 0 spiro atoms. The third-order valence-corrected chi connectivity index (χ3v) is 4.01. The third kappa shape index (κ3) is 4.97. The van der Waals surface area contributed by atoms with Crippen LogP contribution in [0.5, 0.6) is 11.5 Å². The fourth-order valence-electron chi connectivity index (χ4n) is 2.17. The molecular weight excluding hydrogens is 389 g/mol. The Balaban J connectivity index is 1.65. The highest BCUT2D eigenvalue weighted by molar-refractivity contribution is 6.35. The van der Waals surface area contributed by atoms with E-state index in [1.165, 1.54) is 12.1 Å². The molecular formula is C19H13Cl2N3O3. The van der Waals surface area contributed by atoms with E-state index >= 15 is 0 Å². The predicted molar refractivity (Wildman–Crippen MR) is 102 cm³/mol. The molecule has 1 aromatic heterocycles. The Labute approximate surface area is 165 Å². The van der Waals surface area contributed by atoms with Crippen molar-refractivity contribution in [3.05, 3.63) is 88.2 Å². The third-order valence-electron chi connectivity index (χ3n) is 3.44. The summed E-state index contributed by atoms with van der Waals surface area (Å²) in [6.07, 6.45) is 3.20. The van der Waals surface area contributed by atoms with Crippen LogP contribution in [0.2, 0.25) is 10.0 Å². The van der Waals surface area contributed by atoms with E-state index < -0.39 is 11.8 Å². The molecule has 27 heavy (non-hydrogen) atoms. The fraction of sp³-hybridized carbons (Fsp3) is 0. The molecule has 0 aliphatic carbocycles. The number of nitrogens with zero attached hydrogens (tertiary/aromatic N) is 1. The van der Waals surface area contributed by atoms with Gasteiger partial charge in [0.05, 0.1) is 10.6 Å². The molecule has 0 atom stereocenters. The van der Waals surface area contributed by atoms with Crippen LogP contribution < -0.4 is 15.6 Å². The van der Waals surface area contributed by atoms with Gasteiger partial charge in [-0.25, -0.2) is 0 Å². The second kappa shape index (κ2) is 8.53. The van der Waals surface area contributed by atoms with E-state index in [-0.39, 0.29) is 10.6 Å². The number of carbonyl (C=O) groups is 2. The summed E-state index contributed by atoms with van der Waals surface area (Å²) < 4.78 is 5.65. The Kier molecular flexibility index (Phi) is 5.90. The first-order chi connectivity index (χ1) is 13.0. The maximum atomic E-state index is 12.3. The van der Waals surface area contributed by atoms with E-state index in [1.54, 1.807) is 54.9 Å². The van der Waals surface area contributed by atoms with Crippen molar-refractivity contribution in [3.8, 4) is 11.5 Å². The normalized spacial score (nSPS) is 10.1. The van der Waals surface area contributed by atoms with Crippen LogP contribution in [-0.2, 0) is 0 Å². The lowest BCUT2D eigenvalue weighted by molar-refractivity contribution is 0.0846. The summed E-state index contributed by atoms with van der Waals surface area (Å²) in [4.78, 5) is 28.4. The molecule has 6 nitrogen and oxygen atoms in total. The molecule has 0 radical (unpaired) electrons. The van der Waals surface area contributed by atoms with Crippen molar-refractivity contribution in [2.45, 2.75) is 0 Å². The Morgan fingerprint density at radius 2 is 1.59 bits per heavy atom. The van der Waals surface area contributed by atoms with Crippen molar-refractivity contribution in [1.82, 2.24) is 15.8 Å². The van der Waals surface area contributed by atoms with Crippen LogP contribution in [0.4, 0.5) is 0 Å². The van der Waals surface area contributed by atoms with Crippen LogP contribution >= 0.6 is 23.2 Å². The zero-order chi connectivity index (χ0) is 19.2. The number of hydrogen-bond donors (Lipinski definition) is 2. The number of amides is 2. The summed E-state index contributed by atoms with van der Waals surface area (Å²) in [7, 11) is 0. The number of ether oxygens (including phenoxy) is 1. The van der Waals surface area contributed by atoms with Crippen molar-refractivity contribution in [2.24, 2.45) is 0 Å². The Hall–Kier alpha value is -3.09. The topological polar surface area (TPSA) is 80.3 Å². The first-order valence-corrected chi connectivity index (χ1v) is 8.52. The van der Waals surface area contributed by atoms with Gasteiger partial charge in [-0.15, -0.1) is 0 Å². The number of aromatic nitrogens is 1. The Morgan fingerprint density at radius 1 is 0.852 bits per heavy atom. The number of nitrogens with one attached hydrogen (secondary N) is 2. The summed E-state index contributed by atoms with van der Waals surface area (Å²) >= 11 is 11.8. The van der Waals surface area contributed by atoms with Crippen molar-refractivity contribution in [2.75, 3.05) is 0 Å². The number of hydrazine groups is 1. The first-order valence-electron chi connectivity index (χ1n) is 7.76. The van der Waals surface area contributed by atoms with E-state index in [0.717, 1.165) is 0 Å². The van der Waals surface area contributed by atoms with Crippen LogP contribution in [0.25, 0.3) is 0 Å². The van der Waals surface area contributed by atoms with Crippen molar-refractivity contribution < 1.29 is 14.3 Å². The van der Waals surface area contributed by atoms with Gasteiger partial charge >= 0.3 is 0 Å². The van der Waals surface area contributed by atoms with Gasteiger partial charge in [-0.05, 0) is 48.5 Å². The molecule has 2 N–H and O–H groups in total. The minimum Gasteiger partial charge on any atom is -0.457 e. The number of hydrogen-bond acceptors (Lipinski definition) is 4. The van der Waals surface area contributed by atoms with Gasteiger partial charge in [0, 0.05) is 23.0 Å². The van der Waals surface area contributed by atoms with Crippen LogP contribution in [0.3, 0.4) is 0 Å². The average Bonchev–Trinajstić information content (AvgIpc) is 2.68. The summed E-state index contributed by atoms with van der Waals surface area (Å²) in [5.41, 5.74) is 5.09. The van der Waals surface area contributed by atoms with Gasteiger partial charge in [-0.3, -0.25) is 25.4 Å². The predicted octanol–water partition coefficient (Wildman–Crippen LogP) is 4.26. The van der Waals surface area contributed by atoms with E-state index in [9.17, 15) is 9.59 Å². The molecule has 3 rings (SSSR count). The van der Waals surface area contributed by atoms with Crippen LogP contribution in [0.1, 0.15) is 20.7 Å². The van der Waals surface area contributed by atoms with Gasteiger partial charge in [-0.2, -0.15) is 0 Å². The molecule has 0 bridgehead atoms.